The van der Waals surface area contributed by atoms with Gasteiger partial charge in [-0.25, -0.2) is 8.42 Å². The monoisotopic (exact) mass is 497 g/mol. The summed E-state index contributed by atoms with van der Waals surface area (Å²) in [4.78, 5) is 18.1. The molecule has 2 atom stereocenters. The minimum absolute atomic E-state index is 0.209. The van der Waals surface area contributed by atoms with E-state index in [1.54, 1.807) is 22.5 Å². The van der Waals surface area contributed by atoms with Crippen LogP contribution in [0.25, 0.3) is 10.2 Å². The Bertz CT molecular complexity index is 1370. The zero-order chi connectivity index (χ0) is 24.5. The van der Waals surface area contributed by atoms with E-state index in [0.717, 1.165) is 23.1 Å². The maximum Gasteiger partial charge on any atom is 0.279 e. The third-order valence-electron chi connectivity index (χ3n) is 6.24. The molecular formula is C26H31N3O3S2. The zero-order valence-electron chi connectivity index (χ0n) is 19.9. The second-order valence-electron chi connectivity index (χ2n) is 9.15. The molecule has 4 rings (SSSR count). The van der Waals surface area contributed by atoms with E-state index in [4.69, 9.17) is 0 Å². The number of hydrogen-bond acceptors (Lipinski definition) is 4. The summed E-state index contributed by atoms with van der Waals surface area (Å²) < 4.78 is 30.9. The van der Waals surface area contributed by atoms with Crippen molar-refractivity contribution in [3.05, 3.63) is 71.0 Å². The smallest absolute Gasteiger partial charge is 0.279 e. The SMILES string of the molecule is C=CCn1c(=NC(=O)c2ccc(S(=O)(=O)N3CC(C)CC(C)C3)cc2)sc2cc(CC)ccc21. The zero-order valence-corrected chi connectivity index (χ0v) is 21.5. The van der Waals surface area contributed by atoms with Gasteiger partial charge in [0.1, 0.15) is 0 Å². The van der Waals surface area contributed by atoms with Crippen molar-refractivity contribution in [1.82, 2.24) is 8.87 Å². The van der Waals surface area contributed by atoms with Gasteiger partial charge in [0.05, 0.1) is 15.1 Å². The lowest BCUT2D eigenvalue weighted by molar-refractivity contribution is 0.0997. The number of thiazole rings is 1. The number of allylic oxidation sites excluding steroid dienone is 1. The maximum absolute atomic E-state index is 13.1. The molecule has 6 nitrogen and oxygen atoms in total. The highest BCUT2D eigenvalue weighted by atomic mass is 32.2. The van der Waals surface area contributed by atoms with Gasteiger partial charge in [0.2, 0.25) is 10.0 Å². The molecule has 1 aliphatic rings. The van der Waals surface area contributed by atoms with E-state index in [0.29, 0.717) is 41.8 Å². The van der Waals surface area contributed by atoms with Gasteiger partial charge in [-0.1, -0.05) is 44.3 Å². The van der Waals surface area contributed by atoms with Crippen LogP contribution in [0.5, 0.6) is 0 Å². The fraction of sp³-hybridized carbons (Fsp3) is 0.385. The van der Waals surface area contributed by atoms with Gasteiger partial charge in [0, 0.05) is 25.2 Å². The third-order valence-corrected chi connectivity index (χ3v) is 9.13. The van der Waals surface area contributed by atoms with E-state index in [2.05, 4.69) is 50.5 Å². The maximum atomic E-state index is 13.1. The van der Waals surface area contributed by atoms with Crippen molar-refractivity contribution in [2.75, 3.05) is 13.1 Å². The number of amides is 1. The Morgan fingerprint density at radius 1 is 1.15 bits per heavy atom. The van der Waals surface area contributed by atoms with Crippen LogP contribution in [0, 0.1) is 11.8 Å². The number of carbonyl (C=O) groups is 1. The van der Waals surface area contributed by atoms with Crippen LogP contribution in [-0.2, 0) is 23.0 Å². The number of fused-ring (bicyclic) bond motifs is 1. The van der Waals surface area contributed by atoms with Crippen molar-refractivity contribution in [2.45, 2.75) is 45.1 Å². The number of hydrogen-bond donors (Lipinski definition) is 0. The number of piperidine rings is 1. The molecule has 1 amide bonds. The lowest BCUT2D eigenvalue weighted by Crippen LogP contribution is -2.42. The van der Waals surface area contributed by atoms with Gasteiger partial charge in [-0.05, 0) is 66.6 Å². The number of aryl methyl sites for hydroxylation is 1. The molecular weight excluding hydrogens is 466 g/mol. The summed E-state index contributed by atoms with van der Waals surface area (Å²) in [5, 5.41) is 0. The number of benzene rings is 2. The van der Waals surface area contributed by atoms with E-state index >= 15 is 0 Å². The highest BCUT2D eigenvalue weighted by molar-refractivity contribution is 7.89. The lowest BCUT2D eigenvalue weighted by atomic mass is 9.94. The molecule has 0 N–H and O–H groups in total. The van der Waals surface area contributed by atoms with Crippen molar-refractivity contribution < 1.29 is 13.2 Å². The Morgan fingerprint density at radius 2 is 1.82 bits per heavy atom. The minimum Gasteiger partial charge on any atom is -0.312 e. The van der Waals surface area contributed by atoms with Gasteiger partial charge in [-0.3, -0.25) is 4.79 Å². The molecule has 1 fully saturated rings. The molecule has 180 valence electrons. The summed E-state index contributed by atoms with van der Waals surface area (Å²) in [5.74, 6) is 0.259. The van der Waals surface area contributed by atoms with E-state index < -0.39 is 15.9 Å². The molecule has 1 saturated heterocycles. The van der Waals surface area contributed by atoms with Crippen LogP contribution < -0.4 is 4.80 Å². The summed E-state index contributed by atoms with van der Waals surface area (Å²) in [6, 6.07) is 12.4. The number of carbonyl (C=O) groups excluding carboxylic acids is 1. The molecule has 3 aromatic rings. The molecule has 2 aromatic carbocycles. The van der Waals surface area contributed by atoms with Gasteiger partial charge < -0.3 is 4.57 Å². The van der Waals surface area contributed by atoms with Crippen LogP contribution in [0.4, 0.5) is 0 Å². The molecule has 0 saturated carbocycles. The Kier molecular flexibility index (Phi) is 7.21. The first-order valence-electron chi connectivity index (χ1n) is 11.6. The molecule has 2 heterocycles. The molecule has 0 bridgehead atoms. The van der Waals surface area contributed by atoms with Gasteiger partial charge >= 0.3 is 0 Å². The van der Waals surface area contributed by atoms with Crippen molar-refractivity contribution >= 4 is 37.5 Å². The Labute approximate surface area is 205 Å². The molecule has 34 heavy (non-hydrogen) atoms. The van der Waals surface area contributed by atoms with Crippen LogP contribution in [-0.4, -0.2) is 36.3 Å². The molecule has 1 aromatic heterocycles. The minimum atomic E-state index is -3.59. The van der Waals surface area contributed by atoms with Crippen molar-refractivity contribution in [3.63, 3.8) is 0 Å². The summed E-state index contributed by atoms with van der Waals surface area (Å²) in [6.07, 6.45) is 3.75. The molecule has 2 unspecified atom stereocenters. The fourth-order valence-electron chi connectivity index (χ4n) is 4.60. The first kappa shape index (κ1) is 24.6. The number of sulfonamides is 1. The van der Waals surface area contributed by atoms with Crippen LogP contribution in [0.2, 0.25) is 0 Å². The van der Waals surface area contributed by atoms with Gasteiger partial charge in [0.15, 0.2) is 4.80 Å². The summed E-state index contributed by atoms with van der Waals surface area (Å²) in [7, 11) is -3.59. The normalized spacial score (nSPS) is 20.0. The first-order valence-corrected chi connectivity index (χ1v) is 13.9. The van der Waals surface area contributed by atoms with E-state index in [9.17, 15) is 13.2 Å². The van der Waals surface area contributed by atoms with Crippen LogP contribution in [0.15, 0.2) is 65.0 Å². The van der Waals surface area contributed by atoms with Gasteiger partial charge in [-0.15, -0.1) is 6.58 Å². The second-order valence-corrected chi connectivity index (χ2v) is 12.1. The van der Waals surface area contributed by atoms with E-state index in [1.807, 2.05) is 4.57 Å². The number of aromatic nitrogens is 1. The lowest BCUT2D eigenvalue weighted by Gasteiger charge is -2.34. The van der Waals surface area contributed by atoms with Gasteiger partial charge in [0.25, 0.3) is 5.91 Å². The molecule has 0 aliphatic carbocycles. The largest absolute Gasteiger partial charge is 0.312 e. The van der Waals surface area contributed by atoms with Crippen molar-refractivity contribution in [3.8, 4) is 0 Å². The average Bonchev–Trinajstić information content (AvgIpc) is 3.14. The Balaban J connectivity index is 1.64. The predicted octanol–water partition coefficient (Wildman–Crippen LogP) is 4.86. The highest BCUT2D eigenvalue weighted by Crippen LogP contribution is 2.27. The molecule has 0 spiro atoms. The fourth-order valence-corrected chi connectivity index (χ4v) is 7.38. The molecule has 0 radical (unpaired) electrons. The van der Waals surface area contributed by atoms with Crippen LogP contribution in [0.1, 0.15) is 43.1 Å². The van der Waals surface area contributed by atoms with E-state index in [1.165, 1.54) is 29.0 Å². The Morgan fingerprint density at radius 3 is 2.44 bits per heavy atom. The van der Waals surface area contributed by atoms with E-state index in [-0.39, 0.29) is 4.90 Å². The molecule has 8 heteroatoms. The summed E-state index contributed by atoms with van der Waals surface area (Å²) in [6.45, 7) is 11.7. The quantitative estimate of drug-likeness (QED) is 0.457. The number of nitrogens with zero attached hydrogens (tertiary/aromatic N) is 3. The average molecular weight is 498 g/mol. The first-order chi connectivity index (χ1) is 16.2. The summed E-state index contributed by atoms with van der Waals surface area (Å²) >= 11 is 1.47. The Hall–Kier alpha value is -2.55. The van der Waals surface area contributed by atoms with Crippen molar-refractivity contribution in [2.24, 2.45) is 16.8 Å². The topological polar surface area (TPSA) is 71.7 Å². The predicted molar refractivity (Wildman–Crippen MR) is 137 cm³/mol. The summed E-state index contributed by atoms with van der Waals surface area (Å²) in [5.41, 5.74) is 2.60. The standard InChI is InChI=1S/C26H31N3O3S2/c1-5-13-29-23-12-7-20(6-2)15-24(23)33-26(29)27-25(30)21-8-10-22(11-9-21)34(31,32)28-16-18(3)14-19(4)17-28/h5,7-12,15,18-19H,1,6,13-14,16-17H2,2-4H3. The molecule has 1 aliphatic heterocycles. The number of rotatable bonds is 6. The third kappa shape index (κ3) is 4.94. The van der Waals surface area contributed by atoms with Crippen LogP contribution in [0.3, 0.4) is 0 Å². The van der Waals surface area contributed by atoms with Crippen molar-refractivity contribution in [1.29, 1.82) is 0 Å². The second kappa shape index (κ2) is 9.98. The van der Waals surface area contributed by atoms with Gasteiger partial charge in [-0.2, -0.15) is 9.30 Å². The van der Waals surface area contributed by atoms with Crippen LogP contribution >= 0.6 is 11.3 Å². The highest BCUT2D eigenvalue weighted by Gasteiger charge is 2.31.